The molecule has 0 atom stereocenters. The van der Waals surface area contributed by atoms with Gasteiger partial charge in [0.25, 0.3) is 0 Å². The average Bonchev–Trinajstić information content (AvgIpc) is 2.81. The fraction of sp³-hybridized carbons (Fsp3) is 0.0769. The standard InChI is InChI=1S/C26H21N3S/c1-3-7-19(8-4-1)17-27-21-11-13-23-25(15-21)30-26-16-22(12-14-24(26)29-23)28-18-20-9-5-2-6-10-20/h1-16,27H,17-18H2. The number of benzene rings is 4. The molecule has 0 spiro atoms. The number of nitrogens with zero attached hydrogens (tertiary/aromatic N) is 2. The van der Waals surface area contributed by atoms with E-state index < -0.39 is 0 Å². The number of hydrogen-bond acceptors (Lipinski definition) is 4. The van der Waals surface area contributed by atoms with Crippen LogP contribution in [0.15, 0.2) is 102 Å². The minimum absolute atomic E-state index is 0.686. The van der Waals surface area contributed by atoms with Gasteiger partial charge in [0.05, 0.1) is 32.7 Å². The molecule has 3 aromatic carbocycles. The Balaban J connectivity index is 1.43. The molecular formula is C26H21N3S. The fourth-order valence-corrected chi connectivity index (χ4v) is 4.43. The first-order chi connectivity index (χ1) is 14.8. The molecule has 0 radical (unpaired) electrons. The third-order valence-corrected chi connectivity index (χ3v) is 6.08. The highest BCUT2D eigenvalue weighted by atomic mass is 32.1. The second-order valence-electron chi connectivity index (χ2n) is 7.19. The van der Waals surface area contributed by atoms with Crippen LogP contribution >= 0.6 is 11.3 Å². The summed E-state index contributed by atoms with van der Waals surface area (Å²) >= 11 is 1.76. The number of anilines is 1. The van der Waals surface area contributed by atoms with Crippen LogP contribution in [0.5, 0.6) is 0 Å². The molecule has 0 bridgehead atoms. The zero-order valence-electron chi connectivity index (χ0n) is 16.5. The molecule has 1 aliphatic carbocycles. The van der Waals surface area contributed by atoms with Crippen LogP contribution in [0.1, 0.15) is 11.1 Å². The van der Waals surface area contributed by atoms with Gasteiger partial charge in [-0.15, -0.1) is 11.3 Å². The topological polar surface area (TPSA) is 37.3 Å². The predicted molar refractivity (Wildman–Crippen MR) is 126 cm³/mol. The van der Waals surface area contributed by atoms with Gasteiger partial charge in [0.2, 0.25) is 0 Å². The van der Waals surface area contributed by atoms with Crippen LogP contribution in [0, 0.1) is 0 Å². The van der Waals surface area contributed by atoms with Gasteiger partial charge in [0.15, 0.2) is 0 Å². The normalized spacial score (nSPS) is 11.8. The highest BCUT2D eigenvalue weighted by Gasteiger charge is 2.07. The summed E-state index contributed by atoms with van der Waals surface area (Å²) in [5.41, 5.74) is 5.62. The van der Waals surface area contributed by atoms with Gasteiger partial charge in [-0.2, -0.15) is 0 Å². The van der Waals surface area contributed by atoms with Crippen molar-refractivity contribution in [3.05, 3.63) is 114 Å². The number of rotatable bonds is 5. The van der Waals surface area contributed by atoms with Crippen LogP contribution in [0.25, 0.3) is 20.8 Å². The molecule has 0 saturated carbocycles. The predicted octanol–water partition coefficient (Wildman–Crippen LogP) is 6.11. The lowest BCUT2D eigenvalue weighted by molar-refractivity contribution is 1.01. The fourth-order valence-electron chi connectivity index (χ4n) is 3.39. The molecule has 0 aromatic heterocycles. The molecule has 4 heteroatoms. The van der Waals surface area contributed by atoms with Gasteiger partial charge >= 0.3 is 0 Å². The van der Waals surface area contributed by atoms with Crippen molar-refractivity contribution in [2.24, 2.45) is 4.99 Å². The maximum absolute atomic E-state index is 4.84. The maximum atomic E-state index is 4.84. The first kappa shape index (κ1) is 18.5. The van der Waals surface area contributed by atoms with Crippen molar-refractivity contribution in [2.75, 3.05) is 5.32 Å². The lowest BCUT2D eigenvalue weighted by Gasteiger charge is -2.10. The summed E-state index contributed by atoms with van der Waals surface area (Å²) in [5.74, 6) is 0. The molecule has 146 valence electrons. The van der Waals surface area contributed by atoms with E-state index in [1.54, 1.807) is 11.3 Å². The minimum Gasteiger partial charge on any atom is -0.381 e. The SMILES string of the molecule is c1ccc(CN=c2ccc3nc4ccc(NCc5ccccc5)cc4sc-3c2)cc1. The summed E-state index contributed by atoms with van der Waals surface area (Å²) in [5, 5.41) is 4.50. The second-order valence-corrected chi connectivity index (χ2v) is 8.27. The molecule has 1 N–H and O–H groups in total. The van der Waals surface area contributed by atoms with Crippen LogP contribution in [-0.2, 0) is 13.1 Å². The number of nitrogens with one attached hydrogen (secondary N) is 1. The maximum Gasteiger partial charge on any atom is 0.0811 e. The third kappa shape index (κ3) is 4.24. The molecule has 30 heavy (non-hydrogen) atoms. The second kappa shape index (κ2) is 8.47. The van der Waals surface area contributed by atoms with Crippen molar-refractivity contribution in [2.45, 2.75) is 13.1 Å². The number of hydrogen-bond donors (Lipinski definition) is 1. The Hall–Kier alpha value is -3.50. The lowest BCUT2D eigenvalue weighted by Crippen LogP contribution is -2.03. The summed E-state index contributed by atoms with van der Waals surface area (Å²) in [7, 11) is 0. The van der Waals surface area contributed by atoms with Crippen LogP contribution in [-0.4, -0.2) is 4.98 Å². The van der Waals surface area contributed by atoms with E-state index in [1.807, 2.05) is 30.3 Å². The van der Waals surface area contributed by atoms with E-state index in [4.69, 9.17) is 9.98 Å². The Kier molecular flexibility index (Phi) is 5.23. The summed E-state index contributed by atoms with van der Waals surface area (Å²) < 4.78 is 1.17. The van der Waals surface area contributed by atoms with Crippen molar-refractivity contribution in [3.63, 3.8) is 0 Å². The first-order valence-electron chi connectivity index (χ1n) is 10.0. The lowest BCUT2D eigenvalue weighted by atomic mass is 10.2. The van der Waals surface area contributed by atoms with E-state index in [-0.39, 0.29) is 0 Å². The Morgan fingerprint density at radius 2 is 1.53 bits per heavy atom. The smallest absolute Gasteiger partial charge is 0.0811 e. The van der Waals surface area contributed by atoms with E-state index >= 15 is 0 Å². The molecule has 0 saturated heterocycles. The Morgan fingerprint density at radius 3 is 2.33 bits per heavy atom. The molecule has 1 heterocycles. The minimum atomic E-state index is 0.686. The van der Waals surface area contributed by atoms with Gasteiger partial charge in [-0.3, -0.25) is 4.99 Å². The van der Waals surface area contributed by atoms with Gasteiger partial charge in [-0.25, -0.2) is 4.98 Å². The molecule has 3 aromatic rings. The van der Waals surface area contributed by atoms with Crippen molar-refractivity contribution in [1.29, 1.82) is 0 Å². The zero-order chi connectivity index (χ0) is 20.2. The van der Waals surface area contributed by atoms with Crippen LogP contribution in [0.4, 0.5) is 5.69 Å². The van der Waals surface area contributed by atoms with E-state index in [9.17, 15) is 0 Å². The van der Waals surface area contributed by atoms with Gasteiger partial charge in [0.1, 0.15) is 0 Å². The molecule has 3 nitrogen and oxygen atoms in total. The third-order valence-electron chi connectivity index (χ3n) is 4.99. The molecule has 5 rings (SSSR count). The Labute approximate surface area is 179 Å². The molecule has 0 amide bonds. The van der Waals surface area contributed by atoms with Crippen molar-refractivity contribution in [3.8, 4) is 10.6 Å². The van der Waals surface area contributed by atoms with Crippen LogP contribution < -0.4 is 10.7 Å². The van der Waals surface area contributed by atoms with E-state index in [0.717, 1.165) is 33.7 Å². The number of fused-ring (bicyclic) bond motifs is 2. The summed E-state index contributed by atoms with van der Waals surface area (Å²) in [6.07, 6.45) is 0. The monoisotopic (exact) mass is 407 g/mol. The van der Waals surface area contributed by atoms with Gasteiger partial charge in [-0.05, 0) is 47.5 Å². The van der Waals surface area contributed by atoms with Gasteiger partial charge in [0, 0.05) is 12.2 Å². The molecule has 0 unspecified atom stereocenters. The van der Waals surface area contributed by atoms with Crippen molar-refractivity contribution in [1.82, 2.24) is 4.98 Å². The average molecular weight is 408 g/mol. The summed E-state index contributed by atoms with van der Waals surface area (Å²) in [6, 6.07) is 33.4. The molecule has 2 aliphatic rings. The van der Waals surface area contributed by atoms with Crippen molar-refractivity contribution >= 4 is 27.2 Å². The number of aromatic nitrogens is 1. The Morgan fingerprint density at radius 1 is 0.767 bits per heavy atom. The molecular weight excluding hydrogens is 386 g/mol. The summed E-state index contributed by atoms with van der Waals surface area (Å²) in [6.45, 7) is 1.49. The summed E-state index contributed by atoms with van der Waals surface area (Å²) in [4.78, 5) is 10.7. The Bertz CT molecular complexity index is 1310. The van der Waals surface area contributed by atoms with Gasteiger partial charge < -0.3 is 5.32 Å². The van der Waals surface area contributed by atoms with E-state index in [1.165, 1.54) is 15.8 Å². The van der Waals surface area contributed by atoms with Crippen LogP contribution in [0.2, 0.25) is 0 Å². The molecule has 1 aliphatic heterocycles. The van der Waals surface area contributed by atoms with E-state index in [2.05, 4.69) is 72.0 Å². The highest BCUT2D eigenvalue weighted by Crippen LogP contribution is 2.31. The van der Waals surface area contributed by atoms with Gasteiger partial charge in [-0.1, -0.05) is 60.7 Å². The zero-order valence-corrected chi connectivity index (χ0v) is 17.3. The van der Waals surface area contributed by atoms with Crippen molar-refractivity contribution < 1.29 is 0 Å². The molecule has 0 fully saturated rings. The van der Waals surface area contributed by atoms with E-state index in [0.29, 0.717) is 6.54 Å². The van der Waals surface area contributed by atoms with Crippen LogP contribution in [0.3, 0.4) is 0 Å². The first-order valence-corrected chi connectivity index (χ1v) is 10.8. The largest absolute Gasteiger partial charge is 0.381 e. The quantitative estimate of drug-likeness (QED) is 0.357. The highest BCUT2D eigenvalue weighted by molar-refractivity contribution is 7.21.